The van der Waals surface area contributed by atoms with E-state index < -0.39 is 0 Å². The summed E-state index contributed by atoms with van der Waals surface area (Å²) in [5.41, 5.74) is 0. The maximum Gasteiger partial charge on any atom is 0.0525 e. The third-order valence-electron chi connectivity index (χ3n) is 1.16. The molecule has 0 aromatic heterocycles. The average molecular weight is 189 g/mol. The Hall–Kier alpha value is -0.180. The molecule has 3 heteroatoms. The van der Waals surface area contributed by atoms with Crippen molar-refractivity contribution in [1.29, 1.82) is 0 Å². The number of aliphatic hydroxyl groups is 1. The lowest BCUT2D eigenvalue weighted by atomic mass is 10.4. The van der Waals surface area contributed by atoms with Crippen LogP contribution >= 0.6 is 23.4 Å². The van der Waals surface area contributed by atoms with Crippen LogP contribution in [0.2, 0.25) is 5.02 Å². The lowest BCUT2D eigenvalue weighted by Gasteiger charge is -1.98. The Morgan fingerprint density at radius 1 is 1.45 bits per heavy atom. The topological polar surface area (TPSA) is 20.2 Å². The number of halogens is 1. The molecule has 0 aliphatic rings. The predicted octanol–water partition coefficient (Wildman–Crippen LogP) is 2.42. The lowest BCUT2D eigenvalue weighted by Crippen LogP contribution is -1.84. The highest BCUT2D eigenvalue weighted by Gasteiger charge is 1.92. The first-order valence-electron chi connectivity index (χ1n) is 3.32. The quantitative estimate of drug-likeness (QED) is 0.736. The van der Waals surface area contributed by atoms with Gasteiger partial charge in [0, 0.05) is 15.7 Å². The minimum absolute atomic E-state index is 0.206. The van der Waals surface area contributed by atoms with Gasteiger partial charge in [0.2, 0.25) is 0 Å². The van der Waals surface area contributed by atoms with E-state index in [0.29, 0.717) is 0 Å². The number of benzene rings is 1. The van der Waals surface area contributed by atoms with Crippen molar-refractivity contribution in [1.82, 2.24) is 0 Å². The molecule has 0 atom stereocenters. The molecule has 1 nitrogen and oxygen atoms in total. The molecule has 0 saturated carbocycles. The van der Waals surface area contributed by atoms with Gasteiger partial charge in [-0.2, -0.15) is 0 Å². The predicted molar refractivity (Wildman–Crippen MR) is 49.3 cm³/mol. The molecule has 0 aliphatic carbocycles. The summed E-state index contributed by atoms with van der Waals surface area (Å²) in [5.74, 6) is 0.723. The summed E-state index contributed by atoms with van der Waals surface area (Å²) in [7, 11) is 0. The van der Waals surface area contributed by atoms with Gasteiger partial charge in [-0.25, -0.2) is 0 Å². The van der Waals surface area contributed by atoms with E-state index in [4.69, 9.17) is 16.7 Å². The smallest absolute Gasteiger partial charge is 0.0525 e. The van der Waals surface area contributed by atoms with Crippen molar-refractivity contribution in [3.8, 4) is 0 Å². The molecule has 11 heavy (non-hydrogen) atoms. The van der Waals surface area contributed by atoms with Crippen molar-refractivity contribution >= 4 is 23.4 Å². The highest BCUT2D eigenvalue weighted by Crippen LogP contribution is 2.20. The highest BCUT2D eigenvalue weighted by atomic mass is 35.5. The molecule has 0 bridgehead atoms. The van der Waals surface area contributed by atoms with Crippen LogP contribution in [-0.2, 0) is 0 Å². The third-order valence-corrected chi connectivity index (χ3v) is 2.37. The Morgan fingerprint density at radius 2 is 2.27 bits per heavy atom. The van der Waals surface area contributed by atoms with E-state index in [0.717, 1.165) is 15.7 Å². The van der Waals surface area contributed by atoms with Gasteiger partial charge >= 0.3 is 0 Å². The zero-order valence-corrected chi connectivity index (χ0v) is 7.53. The Kier molecular flexibility index (Phi) is 3.77. The Bertz CT molecular complexity index is 227. The van der Waals surface area contributed by atoms with Crippen molar-refractivity contribution in [2.75, 3.05) is 12.4 Å². The minimum Gasteiger partial charge on any atom is -0.396 e. The van der Waals surface area contributed by atoms with E-state index in [-0.39, 0.29) is 6.61 Å². The number of hydrogen-bond acceptors (Lipinski definition) is 2. The number of rotatable bonds is 3. The number of aliphatic hydroxyl groups excluding tert-OH is 1. The lowest BCUT2D eigenvalue weighted by molar-refractivity contribution is 0.322. The van der Waals surface area contributed by atoms with E-state index in [1.54, 1.807) is 11.8 Å². The van der Waals surface area contributed by atoms with Crippen LogP contribution in [0.3, 0.4) is 0 Å². The van der Waals surface area contributed by atoms with E-state index in [2.05, 4.69) is 0 Å². The summed E-state index contributed by atoms with van der Waals surface area (Å²) in [4.78, 5) is 1.10. The third kappa shape index (κ3) is 3.14. The zero-order chi connectivity index (χ0) is 8.10. The van der Waals surface area contributed by atoms with Crippen molar-refractivity contribution in [2.24, 2.45) is 0 Å². The number of thioether (sulfide) groups is 1. The summed E-state index contributed by atoms with van der Waals surface area (Å²) in [6.45, 7) is 0.206. The van der Waals surface area contributed by atoms with Crippen molar-refractivity contribution in [2.45, 2.75) is 4.90 Å². The van der Waals surface area contributed by atoms with E-state index >= 15 is 0 Å². The summed E-state index contributed by atoms with van der Waals surface area (Å²) in [5, 5.41) is 9.29. The molecule has 0 radical (unpaired) electrons. The Labute approximate surface area is 75.4 Å². The first kappa shape index (κ1) is 8.91. The van der Waals surface area contributed by atoms with Gasteiger partial charge in [0.1, 0.15) is 0 Å². The standard InChI is InChI=1S/C8H9ClOS/c9-7-2-1-3-8(6-7)11-5-4-10/h1-3,6,10H,4-5H2. The summed E-state index contributed by atoms with van der Waals surface area (Å²) >= 11 is 7.35. The summed E-state index contributed by atoms with van der Waals surface area (Å²) in [6, 6.07) is 7.61. The molecular weight excluding hydrogens is 180 g/mol. The van der Waals surface area contributed by atoms with Gasteiger partial charge in [-0.1, -0.05) is 17.7 Å². The van der Waals surface area contributed by atoms with Gasteiger partial charge in [0.25, 0.3) is 0 Å². The van der Waals surface area contributed by atoms with Crippen molar-refractivity contribution in [3.63, 3.8) is 0 Å². The van der Waals surface area contributed by atoms with E-state index in [1.807, 2.05) is 24.3 Å². The highest BCUT2D eigenvalue weighted by molar-refractivity contribution is 7.99. The second-order valence-corrected chi connectivity index (χ2v) is 3.63. The zero-order valence-electron chi connectivity index (χ0n) is 5.96. The van der Waals surface area contributed by atoms with E-state index in [9.17, 15) is 0 Å². The Morgan fingerprint density at radius 3 is 2.91 bits per heavy atom. The average Bonchev–Trinajstić information content (AvgIpc) is 2.01. The molecule has 1 aromatic rings. The normalized spacial score (nSPS) is 10.0. The maximum absolute atomic E-state index is 8.54. The van der Waals surface area contributed by atoms with Gasteiger partial charge in [-0.05, 0) is 18.2 Å². The molecule has 0 amide bonds. The summed E-state index contributed by atoms with van der Waals surface area (Å²) in [6.07, 6.45) is 0. The number of hydrogen-bond donors (Lipinski definition) is 1. The van der Waals surface area contributed by atoms with Gasteiger partial charge in [-0.3, -0.25) is 0 Å². The largest absolute Gasteiger partial charge is 0.396 e. The first-order valence-corrected chi connectivity index (χ1v) is 4.68. The van der Waals surface area contributed by atoms with Gasteiger partial charge in [0.15, 0.2) is 0 Å². The van der Waals surface area contributed by atoms with Gasteiger partial charge in [0.05, 0.1) is 6.61 Å². The molecule has 0 spiro atoms. The molecule has 1 N–H and O–H groups in total. The fourth-order valence-corrected chi connectivity index (χ4v) is 1.69. The Balaban J connectivity index is 2.56. The fraction of sp³-hybridized carbons (Fsp3) is 0.250. The molecule has 0 heterocycles. The van der Waals surface area contributed by atoms with Crippen LogP contribution in [0.15, 0.2) is 29.2 Å². The molecule has 0 aliphatic heterocycles. The van der Waals surface area contributed by atoms with Crippen molar-refractivity contribution < 1.29 is 5.11 Å². The molecule has 0 saturated heterocycles. The van der Waals surface area contributed by atoms with Crippen molar-refractivity contribution in [3.05, 3.63) is 29.3 Å². The second kappa shape index (κ2) is 4.65. The minimum atomic E-state index is 0.206. The van der Waals surface area contributed by atoms with Crippen LogP contribution in [-0.4, -0.2) is 17.5 Å². The van der Waals surface area contributed by atoms with Crippen LogP contribution in [0.1, 0.15) is 0 Å². The first-order chi connectivity index (χ1) is 5.33. The van der Waals surface area contributed by atoms with Crippen LogP contribution in [0.25, 0.3) is 0 Å². The maximum atomic E-state index is 8.54. The van der Waals surface area contributed by atoms with E-state index in [1.165, 1.54) is 0 Å². The van der Waals surface area contributed by atoms with Gasteiger partial charge < -0.3 is 5.11 Å². The molecule has 0 unspecified atom stereocenters. The van der Waals surface area contributed by atoms with Crippen LogP contribution in [0.4, 0.5) is 0 Å². The van der Waals surface area contributed by atoms with Gasteiger partial charge in [-0.15, -0.1) is 11.8 Å². The van der Waals surface area contributed by atoms with Crippen LogP contribution in [0.5, 0.6) is 0 Å². The van der Waals surface area contributed by atoms with Crippen LogP contribution in [0, 0.1) is 0 Å². The summed E-state index contributed by atoms with van der Waals surface area (Å²) < 4.78 is 0. The SMILES string of the molecule is OCCSc1cccc(Cl)c1. The molecule has 60 valence electrons. The molecule has 1 rings (SSSR count). The molecule has 1 aromatic carbocycles. The molecular formula is C8H9ClOS. The van der Waals surface area contributed by atoms with Crippen LogP contribution < -0.4 is 0 Å². The second-order valence-electron chi connectivity index (χ2n) is 2.03. The molecule has 0 fully saturated rings. The fourth-order valence-electron chi connectivity index (χ4n) is 0.720. The monoisotopic (exact) mass is 188 g/mol.